The molecule has 3 aromatic carbocycles. The molecule has 2 N–H and O–H groups in total. The van der Waals surface area contributed by atoms with E-state index in [0.717, 1.165) is 18.4 Å². The van der Waals surface area contributed by atoms with Gasteiger partial charge in [-0.05, 0) is 81.1 Å². The predicted molar refractivity (Wildman–Crippen MR) is 187 cm³/mol. The first-order valence-electron chi connectivity index (χ1n) is 16.3. The highest BCUT2D eigenvalue weighted by Crippen LogP contribution is 2.30. The van der Waals surface area contributed by atoms with Crippen molar-refractivity contribution in [1.29, 1.82) is 0 Å². The number of hydrogen-bond donors (Lipinski definition) is 2. The third kappa shape index (κ3) is 10.2. The monoisotopic (exact) mass is 699 g/mol. The molecular formula is C36H46ClN3O7S. The molecule has 0 saturated heterocycles. The summed E-state index contributed by atoms with van der Waals surface area (Å²) in [5, 5.41) is 10.6. The van der Waals surface area contributed by atoms with Gasteiger partial charge in [0.05, 0.1) is 41.7 Å². The average molecular weight is 700 g/mol. The van der Waals surface area contributed by atoms with Gasteiger partial charge in [-0.3, -0.25) is 14.3 Å². The highest BCUT2D eigenvalue weighted by Gasteiger charge is 2.31. The molecule has 10 nitrogen and oxygen atoms in total. The van der Waals surface area contributed by atoms with Crippen LogP contribution in [0, 0.1) is 5.92 Å². The van der Waals surface area contributed by atoms with Crippen LogP contribution < -0.4 is 9.46 Å². The molecule has 4 rings (SSSR count). The van der Waals surface area contributed by atoms with Crippen molar-refractivity contribution in [3.8, 4) is 5.75 Å². The second kappa shape index (κ2) is 17.1. The molecule has 260 valence electrons. The topological polar surface area (TPSA) is 125 Å². The van der Waals surface area contributed by atoms with E-state index >= 15 is 0 Å². The fourth-order valence-corrected chi connectivity index (χ4v) is 6.73. The van der Waals surface area contributed by atoms with Gasteiger partial charge >= 0.3 is 0 Å². The number of rotatable bonds is 9. The Hall–Kier alpha value is -3.64. The summed E-state index contributed by atoms with van der Waals surface area (Å²) >= 11 is 5.95. The Morgan fingerprint density at radius 3 is 2.48 bits per heavy atom. The Kier molecular flexibility index (Phi) is 13.3. The van der Waals surface area contributed by atoms with Crippen LogP contribution in [0.1, 0.15) is 56.0 Å². The highest BCUT2D eigenvalue weighted by atomic mass is 35.5. The molecule has 0 aromatic heterocycles. The van der Waals surface area contributed by atoms with Crippen LogP contribution in [0.25, 0.3) is 0 Å². The number of sulfonamides is 1. The molecule has 0 bridgehead atoms. The summed E-state index contributed by atoms with van der Waals surface area (Å²) in [6.45, 7) is 6.36. The molecule has 1 heterocycles. The standard InChI is InChI=1S/C36H46ClN3O7S/c1-25-22-40(26(2)24-41)36(43)32-21-30(38-48(44,45)31-16-13-29(37)14-17-31)15-18-33(32)47-27(3)10-8-9-19-46-34(25)23-39(4)35(42)20-28-11-6-5-7-12-28/h5-7,11-18,21,25-27,34,38,41H,8-10,19-20,22-24H2,1-4H3/t25-,26-,27+,34-/m0/s1. The number of amides is 2. The number of hydrogen-bond acceptors (Lipinski definition) is 7. The first kappa shape index (κ1) is 37.2. The van der Waals surface area contributed by atoms with E-state index in [4.69, 9.17) is 21.1 Å². The SMILES string of the molecule is C[C@@H]1CCCCO[C@@H](CN(C)C(=O)Cc2ccccc2)[C@@H](C)CN([C@@H](C)CO)C(=O)c2cc(NS(=O)(=O)c3ccc(Cl)cc3)ccc2O1. The van der Waals surface area contributed by atoms with Gasteiger partial charge in [0.2, 0.25) is 5.91 Å². The van der Waals surface area contributed by atoms with Crippen LogP contribution in [0.3, 0.4) is 0 Å². The minimum atomic E-state index is -3.99. The maximum absolute atomic E-state index is 14.4. The molecule has 3 aromatic rings. The van der Waals surface area contributed by atoms with Crippen molar-refractivity contribution in [2.75, 3.05) is 38.1 Å². The summed E-state index contributed by atoms with van der Waals surface area (Å²) in [5.41, 5.74) is 1.27. The second-order valence-corrected chi connectivity index (χ2v) is 14.6. The molecule has 48 heavy (non-hydrogen) atoms. The molecule has 2 amide bonds. The number of aliphatic hydroxyl groups is 1. The first-order valence-corrected chi connectivity index (χ1v) is 18.1. The molecule has 0 fully saturated rings. The van der Waals surface area contributed by atoms with Crippen molar-refractivity contribution in [3.05, 3.63) is 88.9 Å². The lowest BCUT2D eigenvalue weighted by Crippen LogP contribution is -2.48. The average Bonchev–Trinajstić information content (AvgIpc) is 3.06. The maximum atomic E-state index is 14.4. The lowest BCUT2D eigenvalue weighted by molar-refractivity contribution is -0.131. The number of nitrogens with one attached hydrogen (secondary N) is 1. The van der Waals surface area contributed by atoms with Crippen LogP contribution in [0.4, 0.5) is 5.69 Å². The summed E-state index contributed by atoms with van der Waals surface area (Å²) in [6, 6.07) is 19.4. The number of benzene rings is 3. The summed E-state index contributed by atoms with van der Waals surface area (Å²) in [4.78, 5) is 30.7. The molecule has 0 aliphatic carbocycles. The van der Waals surface area contributed by atoms with E-state index in [2.05, 4.69) is 4.72 Å². The summed E-state index contributed by atoms with van der Waals surface area (Å²) in [5.74, 6) is -0.377. The van der Waals surface area contributed by atoms with Crippen LogP contribution >= 0.6 is 11.6 Å². The zero-order valence-corrected chi connectivity index (χ0v) is 29.5. The second-order valence-electron chi connectivity index (χ2n) is 12.5. The number of nitrogens with zero attached hydrogens (tertiary/aromatic N) is 2. The predicted octanol–water partition coefficient (Wildman–Crippen LogP) is 5.64. The smallest absolute Gasteiger partial charge is 0.261 e. The fraction of sp³-hybridized carbons (Fsp3) is 0.444. The number of ether oxygens (including phenoxy) is 2. The Labute approximate surface area is 289 Å². The van der Waals surface area contributed by atoms with Crippen LogP contribution in [-0.2, 0) is 26.0 Å². The molecule has 12 heteroatoms. The van der Waals surface area contributed by atoms with E-state index in [-0.39, 0.29) is 59.8 Å². The maximum Gasteiger partial charge on any atom is 0.261 e. The number of likely N-dealkylation sites (N-methyl/N-ethyl adjacent to an activating group) is 1. The van der Waals surface area contributed by atoms with Gasteiger partial charge in [-0.15, -0.1) is 0 Å². The van der Waals surface area contributed by atoms with Gasteiger partial charge in [0.1, 0.15) is 5.75 Å². The Morgan fingerprint density at radius 2 is 1.79 bits per heavy atom. The van der Waals surface area contributed by atoms with Gasteiger partial charge in [-0.1, -0.05) is 48.9 Å². The lowest BCUT2D eigenvalue weighted by atomic mass is 10.0. The van der Waals surface area contributed by atoms with Gasteiger partial charge in [0.25, 0.3) is 15.9 Å². The third-order valence-electron chi connectivity index (χ3n) is 8.51. The molecule has 0 spiro atoms. The van der Waals surface area contributed by atoms with Crippen molar-refractivity contribution in [1.82, 2.24) is 9.80 Å². The van der Waals surface area contributed by atoms with Gasteiger partial charge in [0, 0.05) is 43.4 Å². The van der Waals surface area contributed by atoms with E-state index in [1.54, 1.807) is 35.9 Å². The van der Waals surface area contributed by atoms with E-state index in [0.29, 0.717) is 30.3 Å². The largest absolute Gasteiger partial charge is 0.490 e. The summed E-state index contributed by atoms with van der Waals surface area (Å²) in [6.07, 6.45) is 1.95. The zero-order valence-electron chi connectivity index (χ0n) is 28.0. The zero-order chi connectivity index (χ0) is 34.8. The number of anilines is 1. The number of fused-ring (bicyclic) bond motifs is 1. The van der Waals surface area contributed by atoms with Crippen molar-refractivity contribution < 1.29 is 32.6 Å². The van der Waals surface area contributed by atoms with Gasteiger partial charge in [-0.2, -0.15) is 0 Å². The molecule has 1 aliphatic rings. The highest BCUT2D eigenvalue weighted by molar-refractivity contribution is 7.92. The van der Waals surface area contributed by atoms with Crippen molar-refractivity contribution in [2.24, 2.45) is 5.92 Å². The fourth-order valence-electron chi connectivity index (χ4n) is 5.55. The third-order valence-corrected chi connectivity index (χ3v) is 10.2. The molecule has 0 unspecified atom stereocenters. The molecule has 1 aliphatic heterocycles. The molecule has 0 radical (unpaired) electrons. The molecule has 4 atom stereocenters. The number of carbonyl (C=O) groups is 2. The van der Waals surface area contributed by atoms with Crippen LogP contribution in [0.2, 0.25) is 5.02 Å². The first-order chi connectivity index (χ1) is 22.9. The van der Waals surface area contributed by atoms with Gasteiger partial charge in [-0.25, -0.2) is 8.42 Å². The van der Waals surface area contributed by atoms with Crippen LogP contribution in [-0.4, -0.2) is 86.7 Å². The van der Waals surface area contributed by atoms with E-state index in [9.17, 15) is 23.1 Å². The summed E-state index contributed by atoms with van der Waals surface area (Å²) < 4.78 is 41.5. The summed E-state index contributed by atoms with van der Waals surface area (Å²) in [7, 11) is -2.23. The van der Waals surface area contributed by atoms with E-state index in [1.807, 2.05) is 44.2 Å². The van der Waals surface area contributed by atoms with Gasteiger partial charge < -0.3 is 24.4 Å². The Balaban J connectivity index is 1.63. The molecular weight excluding hydrogens is 654 g/mol. The quantitative estimate of drug-likeness (QED) is 0.296. The van der Waals surface area contributed by atoms with Crippen LogP contribution in [0.5, 0.6) is 5.75 Å². The van der Waals surface area contributed by atoms with Crippen molar-refractivity contribution >= 4 is 39.1 Å². The minimum Gasteiger partial charge on any atom is -0.490 e. The van der Waals surface area contributed by atoms with Crippen molar-refractivity contribution in [3.63, 3.8) is 0 Å². The number of carbonyl (C=O) groups excluding carboxylic acids is 2. The van der Waals surface area contributed by atoms with Crippen molar-refractivity contribution in [2.45, 2.75) is 69.6 Å². The Bertz CT molecular complexity index is 1620. The normalized spacial score (nSPS) is 20.2. The van der Waals surface area contributed by atoms with Gasteiger partial charge in [0.15, 0.2) is 0 Å². The van der Waals surface area contributed by atoms with Crippen LogP contribution in [0.15, 0.2) is 77.7 Å². The number of aliphatic hydroxyl groups excluding tert-OH is 1. The number of halogens is 1. The minimum absolute atomic E-state index is 0.0193. The van der Waals surface area contributed by atoms with E-state index < -0.39 is 22.0 Å². The molecule has 0 saturated carbocycles. The van der Waals surface area contributed by atoms with E-state index in [1.165, 1.54) is 30.3 Å². The lowest BCUT2D eigenvalue weighted by Gasteiger charge is -2.36. The Morgan fingerprint density at radius 1 is 1.08 bits per heavy atom.